The second-order valence-electron chi connectivity index (χ2n) is 5.17. The Hall–Kier alpha value is -2.05. The highest BCUT2D eigenvalue weighted by molar-refractivity contribution is 5.95. The zero-order chi connectivity index (χ0) is 15.0. The smallest absolute Gasteiger partial charge is 0.305 e. The van der Waals surface area contributed by atoms with Crippen molar-refractivity contribution in [3.63, 3.8) is 0 Å². The summed E-state index contributed by atoms with van der Waals surface area (Å²) in [6.07, 6.45) is 0.970. The summed E-state index contributed by atoms with van der Waals surface area (Å²) in [6, 6.07) is 1.45. The van der Waals surface area contributed by atoms with Gasteiger partial charge in [0.15, 0.2) is 0 Å². The number of hydrogen-bond donors (Lipinski definition) is 0. The van der Waals surface area contributed by atoms with Crippen LogP contribution in [0.2, 0.25) is 0 Å². The second kappa shape index (κ2) is 5.15. The Morgan fingerprint density at radius 1 is 1.50 bits per heavy atom. The third kappa shape index (κ3) is 2.61. The molecular formula is C13H14F2N2O3. The molecule has 2 unspecified atom stereocenters. The minimum atomic E-state index is -1.42. The zero-order valence-corrected chi connectivity index (χ0v) is 11.1. The first-order valence-electron chi connectivity index (χ1n) is 6.20. The van der Waals surface area contributed by atoms with E-state index in [2.05, 4.69) is 0 Å². The topological polar surface area (TPSA) is 63.5 Å². The van der Waals surface area contributed by atoms with E-state index in [1.165, 1.54) is 11.9 Å². The third-order valence-electron chi connectivity index (χ3n) is 3.61. The largest absolute Gasteiger partial charge is 0.341 e. The molecule has 7 heteroatoms. The van der Waals surface area contributed by atoms with Gasteiger partial charge in [0.25, 0.3) is 5.91 Å². The molecule has 0 radical (unpaired) electrons. The predicted molar refractivity (Wildman–Crippen MR) is 67.2 cm³/mol. The number of nitro groups is 1. The van der Waals surface area contributed by atoms with E-state index in [1.807, 2.05) is 6.92 Å². The predicted octanol–water partition coefficient (Wildman–Crippen LogP) is 2.60. The van der Waals surface area contributed by atoms with Crippen molar-refractivity contribution in [1.82, 2.24) is 4.90 Å². The van der Waals surface area contributed by atoms with Gasteiger partial charge >= 0.3 is 5.69 Å². The van der Waals surface area contributed by atoms with E-state index in [0.29, 0.717) is 24.4 Å². The molecule has 0 heterocycles. The summed E-state index contributed by atoms with van der Waals surface area (Å²) in [7, 11) is 1.44. The fraction of sp³-hybridized carbons (Fsp3) is 0.462. The summed E-state index contributed by atoms with van der Waals surface area (Å²) in [5.41, 5.74) is -1.77. The maximum absolute atomic E-state index is 13.9. The SMILES string of the molecule is CC1CC1CN(C)C(=O)c1c(F)ccc([N+](=O)[O-])c1F. The van der Waals surface area contributed by atoms with Gasteiger partial charge in [-0.15, -0.1) is 0 Å². The normalized spacial score (nSPS) is 20.6. The van der Waals surface area contributed by atoms with Crippen molar-refractivity contribution in [2.75, 3.05) is 13.6 Å². The molecule has 0 saturated heterocycles. The van der Waals surface area contributed by atoms with Gasteiger partial charge in [-0.25, -0.2) is 4.39 Å². The molecule has 1 aliphatic carbocycles. The minimum Gasteiger partial charge on any atom is -0.341 e. The molecule has 1 aliphatic rings. The monoisotopic (exact) mass is 284 g/mol. The molecule has 20 heavy (non-hydrogen) atoms. The van der Waals surface area contributed by atoms with E-state index in [9.17, 15) is 23.7 Å². The fourth-order valence-electron chi connectivity index (χ4n) is 2.16. The number of carbonyl (C=O) groups excluding carboxylic acids is 1. The van der Waals surface area contributed by atoms with Crippen LogP contribution in [0.1, 0.15) is 23.7 Å². The molecule has 5 nitrogen and oxygen atoms in total. The Kier molecular flexibility index (Phi) is 3.69. The first-order valence-corrected chi connectivity index (χ1v) is 6.20. The average molecular weight is 284 g/mol. The van der Waals surface area contributed by atoms with E-state index in [0.717, 1.165) is 12.5 Å². The molecule has 1 saturated carbocycles. The van der Waals surface area contributed by atoms with Crippen molar-refractivity contribution in [2.45, 2.75) is 13.3 Å². The summed E-state index contributed by atoms with van der Waals surface area (Å²) in [4.78, 5) is 22.9. The van der Waals surface area contributed by atoms with Crippen LogP contribution < -0.4 is 0 Å². The lowest BCUT2D eigenvalue weighted by Crippen LogP contribution is -2.30. The lowest BCUT2D eigenvalue weighted by Gasteiger charge is -2.17. The van der Waals surface area contributed by atoms with Crippen molar-refractivity contribution < 1.29 is 18.5 Å². The fourth-order valence-corrected chi connectivity index (χ4v) is 2.16. The van der Waals surface area contributed by atoms with Gasteiger partial charge in [0.05, 0.1) is 4.92 Å². The molecule has 1 aromatic rings. The quantitative estimate of drug-likeness (QED) is 0.630. The molecule has 108 valence electrons. The highest BCUT2D eigenvalue weighted by Gasteiger charge is 2.36. The summed E-state index contributed by atoms with van der Waals surface area (Å²) in [5.74, 6) is -2.56. The Labute approximate surface area is 114 Å². The maximum Gasteiger partial charge on any atom is 0.305 e. The lowest BCUT2D eigenvalue weighted by molar-refractivity contribution is -0.387. The summed E-state index contributed by atoms with van der Waals surface area (Å²) < 4.78 is 27.5. The number of rotatable bonds is 4. The second-order valence-corrected chi connectivity index (χ2v) is 5.17. The van der Waals surface area contributed by atoms with Crippen LogP contribution in [0.15, 0.2) is 12.1 Å². The number of halogens is 2. The van der Waals surface area contributed by atoms with Gasteiger partial charge in [0, 0.05) is 19.7 Å². The molecular weight excluding hydrogens is 270 g/mol. The third-order valence-corrected chi connectivity index (χ3v) is 3.61. The van der Waals surface area contributed by atoms with Gasteiger partial charge in [-0.2, -0.15) is 4.39 Å². The molecule has 1 aromatic carbocycles. The molecule has 0 aromatic heterocycles. The Balaban J connectivity index is 2.28. The Morgan fingerprint density at radius 3 is 2.60 bits per heavy atom. The number of amides is 1. The van der Waals surface area contributed by atoms with Crippen LogP contribution in [0.3, 0.4) is 0 Å². The number of nitro benzene ring substituents is 1. The van der Waals surface area contributed by atoms with Crippen LogP contribution >= 0.6 is 0 Å². The van der Waals surface area contributed by atoms with Crippen molar-refractivity contribution in [3.8, 4) is 0 Å². The van der Waals surface area contributed by atoms with Crippen molar-refractivity contribution in [3.05, 3.63) is 39.4 Å². The van der Waals surface area contributed by atoms with Gasteiger partial charge in [0.2, 0.25) is 5.82 Å². The molecule has 0 bridgehead atoms. The number of nitrogens with zero attached hydrogens (tertiary/aromatic N) is 2. The van der Waals surface area contributed by atoms with E-state index in [-0.39, 0.29) is 0 Å². The molecule has 2 rings (SSSR count). The van der Waals surface area contributed by atoms with Crippen LogP contribution in [-0.2, 0) is 0 Å². The van der Waals surface area contributed by atoms with Crippen LogP contribution in [0.25, 0.3) is 0 Å². The molecule has 1 amide bonds. The van der Waals surface area contributed by atoms with Gasteiger partial charge < -0.3 is 4.90 Å². The molecule has 2 atom stereocenters. The highest BCUT2D eigenvalue weighted by Crippen LogP contribution is 2.38. The van der Waals surface area contributed by atoms with Crippen LogP contribution in [0.4, 0.5) is 14.5 Å². The van der Waals surface area contributed by atoms with E-state index >= 15 is 0 Å². The number of benzene rings is 1. The van der Waals surface area contributed by atoms with Crippen LogP contribution in [0.5, 0.6) is 0 Å². The van der Waals surface area contributed by atoms with Gasteiger partial charge in [-0.1, -0.05) is 6.92 Å². The van der Waals surface area contributed by atoms with Crippen LogP contribution in [0, 0.1) is 33.6 Å². The molecule has 0 N–H and O–H groups in total. The lowest BCUT2D eigenvalue weighted by atomic mass is 10.1. The van der Waals surface area contributed by atoms with Crippen molar-refractivity contribution >= 4 is 11.6 Å². The first kappa shape index (κ1) is 14.4. The van der Waals surface area contributed by atoms with Crippen molar-refractivity contribution in [2.24, 2.45) is 11.8 Å². The van der Waals surface area contributed by atoms with Gasteiger partial charge in [0.1, 0.15) is 11.4 Å². The number of carbonyl (C=O) groups is 1. The number of hydrogen-bond acceptors (Lipinski definition) is 3. The van der Waals surface area contributed by atoms with E-state index < -0.39 is 33.7 Å². The molecule has 1 fully saturated rings. The van der Waals surface area contributed by atoms with Gasteiger partial charge in [-0.3, -0.25) is 14.9 Å². The molecule has 0 aliphatic heterocycles. The maximum atomic E-state index is 13.9. The summed E-state index contributed by atoms with van der Waals surface area (Å²) >= 11 is 0. The van der Waals surface area contributed by atoms with Crippen LogP contribution in [-0.4, -0.2) is 29.3 Å². The minimum absolute atomic E-state index is 0.328. The average Bonchev–Trinajstić information content (AvgIpc) is 3.04. The Bertz CT molecular complexity index is 577. The van der Waals surface area contributed by atoms with Gasteiger partial charge in [-0.05, 0) is 24.3 Å². The Morgan fingerprint density at radius 2 is 2.10 bits per heavy atom. The standard InChI is InChI=1S/C13H14F2N2O3/c1-7-5-8(7)6-16(2)13(18)11-9(14)3-4-10(12(11)15)17(19)20/h3-4,7-8H,5-6H2,1-2H3. The van der Waals surface area contributed by atoms with E-state index in [4.69, 9.17) is 0 Å². The first-order chi connectivity index (χ1) is 9.32. The zero-order valence-electron chi connectivity index (χ0n) is 11.1. The highest BCUT2D eigenvalue weighted by atomic mass is 19.1. The summed E-state index contributed by atoms with van der Waals surface area (Å²) in [6.45, 7) is 2.42. The molecule has 0 spiro atoms. The van der Waals surface area contributed by atoms with E-state index in [1.54, 1.807) is 0 Å². The summed E-state index contributed by atoms with van der Waals surface area (Å²) in [5, 5.41) is 10.6. The van der Waals surface area contributed by atoms with Crippen molar-refractivity contribution in [1.29, 1.82) is 0 Å².